The normalized spacial score (nSPS) is 10.7. The van der Waals surface area contributed by atoms with E-state index in [1.165, 1.54) is 5.56 Å². The molecule has 0 saturated carbocycles. The van der Waals surface area contributed by atoms with Gasteiger partial charge in [0.25, 0.3) is 0 Å². The van der Waals surface area contributed by atoms with Gasteiger partial charge in [-0.1, -0.05) is 0 Å². The minimum Gasteiger partial charge on any atom is -0.462 e. The molecule has 0 saturated heterocycles. The first-order valence-corrected chi connectivity index (χ1v) is 5.94. The summed E-state index contributed by atoms with van der Waals surface area (Å²) in [6.07, 6.45) is 1.69. The van der Waals surface area contributed by atoms with Gasteiger partial charge in [-0.05, 0) is 46.1 Å². The summed E-state index contributed by atoms with van der Waals surface area (Å²) in [4.78, 5) is 1.16. The van der Waals surface area contributed by atoms with E-state index in [1.807, 2.05) is 13.1 Å². The lowest BCUT2D eigenvalue weighted by atomic mass is 10.3. The molecule has 2 nitrogen and oxygen atoms in total. The van der Waals surface area contributed by atoms with Gasteiger partial charge in [-0.2, -0.15) is 0 Å². The number of thiophene rings is 1. The van der Waals surface area contributed by atoms with Crippen LogP contribution in [0.1, 0.15) is 5.56 Å². The molecule has 2 aromatic rings. The van der Waals surface area contributed by atoms with Crippen LogP contribution in [0, 0.1) is 0 Å². The third-order valence-corrected chi connectivity index (χ3v) is 3.48. The number of furan rings is 1. The molecule has 0 amide bonds. The van der Waals surface area contributed by atoms with Crippen LogP contribution in [-0.4, -0.2) is 7.05 Å². The average molecular weight is 272 g/mol. The fourth-order valence-corrected chi connectivity index (χ4v) is 2.72. The van der Waals surface area contributed by atoms with Crippen LogP contribution in [0.15, 0.2) is 32.7 Å². The molecule has 0 aromatic carbocycles. The first-order valence-electron chi connectivity index (χ1n) is 4.26. The highest BCUT2D eigenvalue weighted by Gasteiger charge is 2.08. The van der Waals surface area contributed by atoms with Gasteiger partial charge < -0.3 is 9.73 Å². The van der Waals surface area contributed by atoms with Gasteiger partial charge >= 0.3 is 0 Å². The van der Waals surface area contributed by atoms with Gasteiger partial charge in [-0.3, -0.25) is 0 Å². The van der Waals surface area contributed by atoms with Gasteiger partial charge in [-0.25, -0.2) is 0 Å². The lowest BCUT2D eigenvalue weighted by molar-refractivity contribution is 0.582. The standard InChI is InChI=1S/C10H10BrNOS/c1-12-5-7-4-9(14-6-7)10-8(11)2-3-13-10/h2-4,6,12H,5H2,1H3. The monoisotopic (exact) mass is 271 g/mol. The van der Waals surface area contributed by atoms with E-state index in [-0.39, 0.29) is 0 Å². The van der Waals surface area contributed by atoms with Crippen molar-refractivity contribution in [3.63, 3.8) is 0 Å². The molecule has 0 radical (unpaired) electrons. The molecular formula is C10H10BrNOS. The maximum atomic E-state index is 5.38. The maximum absolute atomic E-state index is 5.38. The quantitative estimate of drug-likeness (QED) is 0.925. The molecule has 0 spiro atoms. The average Bonchev–Trinajstić information content (AvgIpc) is 2.74. The molecule has 0 aliphatic rings. The molecule has 2 rings (SSSR count). The van der Waals surface area contributed by atoms with Gasteiger partial charge in [0.2, 0.25) is 0 Å². The fraction of sp³-hybridized carbons (Fsp3) is 0.200. The largest absolute Gasteiger partial charge is 0.462 e. The zero-order valence-corrected chi connectivity index (χ0v) is 10.1. The van der Waals surface area contributed by atoms with E-state index in [2.05, 4.69) is 32.7 Å². The van der Waals surface area contributed by atoms with Crippen molar-refractivity contribution in [1.29, 1.82) is 0 Å². The summed E-state index contributed by atoms with van der Waals surface area (Å²) in [6.45, 7) is 0.898. The van der Waals surface area contributed by atoms with Crippen LogP contribution in [0.25, 0.3) is 10.6 Å². The number of halogens is 1. The third kappa shape index (κ3) is 1.92. The number of rotatable bonds is 3. The van der Waals surface area contributed by atoms with E-state index >= 15 is 0 Å². The van der Waals surface area contributed by atoms with Crippen LogP contribution < -0.4 is 5.32 Å². The summed E-state index contributed by atoms with van der Waals surface area (Å²) in [6, 6.07) is 4.05. The Labute approximate surface area is 95.1 Å². The molecule has 4 heteroatoms. The highest BCUT2D eigenvalue weighted by atomic mass is 79.9. The molecule has 74 valence electrons. The van der Waals surface area contributed by atoms with Gasteiger partial charge in [0.15, 0.2) is 5.76 Å². The van der Waals surface area contributed by atoms with E-state index < -0.39 is 0 Å². The second kappa shape index (κ2) is 4.29. The number of nitrogens with one attached hydrogen (secondary N) is 1. The third-order valence-electron chi connectivity index (χ3n) is 1.88. The minimum absolute atomic E-state index is 0.898. The Morgan fingerprint density at radius 2 is 2.43 bits per heavy atom. The Morgan fingerprint density at radius 3 is 3.07 bits per heavy atom. The Hall–Kier alpha value is -0.580. The van der Waals surface area contributed by atoms with Crippen molar-refractivity contribution >= 4 is 27.3 Å². The Balaban J connectivity index is 2.29. The Kier molecular flexibility index (Phi) is 3.05. The van der Waals surface area contributed by atoms with E-state index in [0.717, 1.165) is 21.7 Å². The lowest BCUT2D eigenvalue weighted by Crippen LogP contribution is -2.03. The predicted octanol–water partition coefficient (Wildman–Crippen LogP) is 3.49. The topological polar surface area (TPSA) is 25.2 Å². The van der Waals surface area contributed by atoms with Gasteiger partial charge in [0, 0.05) is 6.54 Å². The van der Waals surface area contributed by atoms with E-state index in [4.69, 9.17) is 4.42 Å². The Morgan fingerprint density at radius 1 is 1.57 bits per heavy atom. The molecule has 2 heterocycles. The molecule has 0 fully saturated rings. The second-order valence-electron chi connectivity index (χ2n) is 2.95. The van der Waals surface area contributed by atoms with Crippen molar-refractivity contribution < 1.29 is 4.42 Å². The van der Waals surface area contributed by atoms with Crippen molar-refractivity contribution in [1.82, 2.24) is 5.32 Å². The van der Waals surface area contributed by atoms with Crippen LogP contribution >= 0.6 is 27.3 Å². The summed E-state index contributed by atoms with van der Waals surface area (Å²) in [5.41, 5.74) is 1.29. The predicted molar refractivity (Wildman–Crippen MR) is 62.5 cm³/mol. The van der Waals surface area contributed by atoms with Gasteiger partial charge in [0.05, 0.1) is 15.6 Å². The molecule has 2 aromatic heterocycles. The van der Waals surface area contributed by atoms with Gasteiger partial charge in [0.1, 0.15) is 0 Å². The van der Waals surface area contributed by atoms with E-state index in [9.17, 15) is 0 Å². The van der Waals surface area contributed by atoms with Crippen LogP contribution in [0.4, 0.5) is 0 Å². The van der Waals surface area contributed by atoms with Crippen LogP contribution in [0.2, 0.25) is 0 Å². The molecule has 0 aliphatic carbocycles. The summed E-state index contributed by atoms with van der Waals surface area (Å²) < 4.78 is 6.39. The molecule has 0 atom stereocenters. The maximum Gasteiger partial charge on any atom is 0.157 e. The molecule has 1 N–H and O–H groups in total. The molecule has 0 aliphatic heterocycles. The first kappa shape index (κ1) is 9.96. The van der Waals surface area contributed by atoms with Crippen molar-refractivity contribution in [2.75, 3.05) is 7.05 Å². The number of hydrogen-bond acceptors (Lipinski definition) is 3. The highest BCUT2D eigenvalue weighted by Crippen LogP contribution is 2.33. The van der Waals surface area contributed by atoms with Gasteiger partial charge in [-0.15, -0.1) is 11.3 Å². The number of hydrogen-bond donors (Lipinski definition) is 1. The molecule has 14 heavy (non-hydrogen) atoms. The summed E-state index contributed by atoms with van der Waals surface area (Å²) in [5.74, 6) is 0.914. The van der Waals surface area contributed by atoms with E-state index in [0.29, 0.717) is 0 Å². The smallest absolute Gasteiger partial charge is 0.157 e. The van der Waals surface area contributed by atoms with E-state index in [1.54, 1.807) is 17.6 Å². The molecular weight excluding hydrogens is 262 g/mol. The Bertz CT molecular complexity index is 421. The zero-order valence-electron chi connectivity index (χ0n) is 7.71. The van der Waals surface area contributed by atoms with Crippen molar-refractivity contribution in [2.45, 2.75) is 6.54 Å². The molecule has 0 bridgehead atoms. The summed E-state index contributed by atoms with van der Waals surface area (Å²) in [5, 5.41) is 5.26. The SMILES string of the molecule is CNCc1csc(-c2occc2Br)c1. The molecule has 0 unspecified atom stereocenters. The lowest BCUT2D eigenvalue weighted by Gasteiger charge is -1.92. The van der Waals surface area contributed by atoms with Crippen LogP contribution in [-0.2, 0) is 6.54 Å². The van der Waals surface area contributed by atoms with Crippen molar-refractivity contribution in [3.8, 4) is 10.6 Å². The zero-order chi connectivity index (χ0) is 9.97. The van der Waals surface area contributed by atoms with Crippen LogP contribution in [0.5, 0.6) is 0 Å². The fourth-order valence-electron chi connectivity index (χ4n) is 1.26. The van der Waals surface area contributed by atoms with Crippen LogP contribution in [0.3, 0.4) is 0 Å². The van der Waals surface area contributed by atoms with Crippen molar-refractivity contribution in [3.05, 3.63) is 33.8 Å². The highest BCUT2D eigenvalue weighted by molar-refractivity contribution is 9.10. The summed E-state index contributed by atoms with van der Waals surface area (Å²) in [7, 11) is 1.94. The second-order valence-corrected chi connectivity index (χ2v) is 4.71. The summed E-state index contributed by atoms with van der Waals surface area (Å²) >= 11 is 5.15. The first-order chi connectivity index (χ1) is 6.81. The van der Waals surface area contributed by atoms with Crippen molar-refractivity contribution in [2.24, 2.45) is 0 Å². The minimum atomic E-state index is 0.898.